The SMILES string of the molecule is O=CCCC(C(=O)O)N1CCN(C(CCC=O)C(=O)O)CCN(C(CCC(=O)NCC(COC(CO)CO)COC(CO)CO)C(=O)O)CCN(C(CCC(=O)NCC(COC(CO)CO)COC(CO)CO)C(=O)O)CC1. The Morgan fingerprint density at radius 3 is 0.795 bits per heavy atom. The van der Waals surface area contributed by atoms with Crippen molar-refractivity contribution in [3.05, 3.63) is 0 Å². The summed E-state index contributed by atoms with van der Waals surface area (Å²) >= 11 is 0. The summed E-state index contributed by atoms with van der Waals surface area (Å²) < 4.78 is 22.0. The van der Waals surface area contributed by atoms with Gasteiger partial charge in [0, 0.05) is 103 Å². The van der Waals surface area contributed by atoms with E-state index >= 15 is 0 Å². The lowest BCUT2D eigenvalue weighted by Gasteiger charge is -2.39. The highest BCUT2D eigenvalue weighted by Crippen LogP contribution is 2.18. The number of aldehydes is 2. The fourth-order valence-electron chi connectivity index (χ4n) is 8.32. The predicted molar refractivity (Wildman–Crippen MR) is 270 cm³/mol. The van der Waals surface area contributed by atoms with Gasteiger partial charge in [-0.2, -0.15) is 0 Å². The van der Waals surface area contributed by atoms with Gasteiger partial charge in [-0.05, 0) is 25.7 Å². The van der Waals surface area contributed by atoms with Crippen molar-refractivity contribution < 1.29 is 119 Å². The van der Waals surface area contributed by atoms with Gasteiger partial charge in [-0.3, -0.25) is 48.4 Å². The Kier molecular flexibility index (Phi) is 38.9. The van der Waals surface area contributed by atoms with E-state index in [1.165, 1.54) is 19.6 Å². The smallest absolute Gasteiger partial charge is 0.320 e. The molecule has 30 heteroatoms. The van der Waals surface area contributed by atoms with E-state index in [4.69, 9.17) is 18.9 Å². The number of aliphatic carboxylic acids is 4. The molecule has 452 valence electrons. The Morgan fingerprint density at radius 2 is 0.603 bits per heavy atom. The molecule has 4 atom stereocenters. The number of ether oxygens (including phenoxy) is 4. The first-order chi connectivity index (χ1) is 37.4. The van der Waals surface area contributed by atoms with Crippen LogP contribution in [0.1, 0.15) is 51.4 Å². The van der Waals surface area contributed by atoms with Crippen molar-refractivity contribution in [3.8, 4) is 0 Å². The van der Waals surface area contributed by atoms with Crippen LogP contribution in [0.2, 0.25) is 0 Å². The molecule has 0 bridgehead atoms. The summed E-state index contributed by atoms with van der Waals surface area (Å²) in [6.45, 7) is -6.66. The second-order valence-electron chi connectivity index (χ2n) is 18.7. The third-order valence-electron chi connectivity index (χ3n) is 13.1. The summed E-state index contributed by atoms with van der Waals surface area (Å²) in [7, 11) is 0. The van der Waals surface area contributed by atoms with Gasteiger partial charge in [0.1, 0.15) is 61.2 Å². The third kappa shape index (κ3) is 28.6. The van der Waals surface area contributed by atoms with Gasteiger partial charge in [0.25, 0.3) is 0 Å². The van der Waals surface area contributed by atoms with Crippen LogP contribution in [0.25, 0.3) is 0 Å². The monoisotopic (exact) mass is 1130 g/mol. The summed E-state index contributed by atoms with van der Waals surface area (Å²) in [5.74, 6) is -8.02. The molecule has 0 spiro atoms. The van der Waals surface area contributed by atoms with Crippen molar-refractivity contribution >= 4 is 48.3 Å². The zero-order valence-corrected chi connectivity index (χ0v) is 44.2. The maximum absolute atomic E-state index is 13.4. The number of aliphatic hydroxyl groups is 8. The van der Waals surface area contributed by atoms with Crippen molar-refractivity contribution in [1.29, 1.82) is 0 Å². The minimum Gasteiger partial charge on any atom is -0.480 e. The summed E-state index contributed by atoms with van der Waals surface area (Å²) in [5.41, 5.74) is 0. The van der Waals surface area contributed by atoms with Crippen LogP contribution in [-0.2, 0) is 57.3 Å². The molecule has 1 aliphatic heterocycles. The van der Waals surface area contributed by atoms with E-state index in [0.717, 1.165) is 0 Å². The Hall–Kier alpha value is -4.48. The highest BCUT2D eigenvalue weighted by molar-refractivity contribution is 5.79. The van der Waals surface area contributed by atoms with Gasteiger partial charge in [0.05, 0.1) is 79.3 Å². The second-order valence-corrected chi connectivity index (χ2v) is 18.7. The van der Waals surface area contributed by atoms with Gasteiger partial charge in [-0.25, -0.2) is 0 Å². The molecule has 1 aliphatic rings. The summed E-state index contributed by atoms with van der Waals surface area (Å²) in [6, 6.07) is -5.55. The number of hydrogen-bond acceptors (Lipinski definition) is 24. The maximum Gasteiger partial charge on any atom is 0.320 e. The number of carboxylic acid groups (broad SMARTS) is 4. The number of amides is 2. The van der Waals surface area contributed by atoms with Gasteiger partial charge in [0.15, 0.2) is 0 Å². The highest BCUT2D eigenvalue weighted by Gasteiger charge is 2.35. The van der Waals surface area contributed by atoms with Crippen molar-refractivity contribution in [1.82, 2.24) is 30.2 Å². The molecule has 2 amide bonds. The third-order valence-corrected chi connectivity index (χ3v) is 13.1. The number of carboxylic acids is 4. The number of nitrogens with zero attached hydrogens (tertiary/aromatic N) is 4. The van der Waals surface area contributed by atoms with Crippen molar-refractivity contribution in [2.75, 3.05) is 145 Å². The molecule has 0 saturated carbocycles. The van der Waals surface area contributed by atoms with Gasteiger partial charge >= 0.3 is 23.9 Å². The van der Waals surface area contributed by atoms with Gasteiger partial charge in [-0.15, -0.1) is 0 Å². The van der Waals surface area contributed by atoms with E-state index < -0.39 is 162 Å². The second kappa shape index (κ2) is 42.4. The van der Waals surface area contributed by atoms with Gasteiger partial charge < -0.3 is 100 Å². The van der Waals surface area contributed by atoms with Crippen LogP contribution in [0.4, 0.5) is 0 Å². The molecule has 1 heterocycles. The first kappa shape index (κ1) is 71.5. The van der Waals surface area contributed by atoms with Gasteiger partial charge in [-0.1, -0.05) is 0 Å². The number of rotatable bonds is 44. The Balaban J connectivity index is 3.68. The van der Waals surface area contributed by atoms with E-state index in [1.807, 2.05) is 0 Å². The van der Waals surface area contributed by atoms with Crippen LogP contribution < -0.4 is 10.6 Å². The number of nitrogens with one attached hydrogen (secondary N) is 2. The maximum atomic E-state index is 13.4. The predicted octanol–water partition coefficient (Wildman–Crippen LogP) is -6.52. The van der Waals surface area contributed by atoms with E-state index in [2.05, 4.69) is 10.6 Å². The van der Waals surface area contributed by atoms with E-state index in [1.54, 1.807) is 0 Å². The lowest BCUT2D eigenvalue weighted by Crippen LogP contribution is -2.56. The molecule has 0 aromatic heterocycles. The quantitative estimate of drug-likeness (QED) is 0.0252. The standard InChI is InChI=1S/C48H86N6O24/c55-17-1-3-39(45(67)68)51-9-10-52(40(46(69)70)4-2-18-56)12-14-54(42(48(73)74)6-8-44(66)50-20-34(31-77-37(25-61)26-62)32-78-38(27-63)28-64)16-15-53(13-11-51)41(47(71)72)5-7-43(65)49-19-33(29-75-35(21-57)22-58)30-76-36(23-59)24-60/h17-18,33-42,57-64H,1-16,19-32H2,(H,49,65)(H,50,66)(H,67,68)(H,69,70)(H,71,72)(H,73,74). The molecule has 0 aliphatic carbocycles. The van der Waals surface area contributed by atoms with Crippen LogP contribution in [0.15, 0.2) is 0 Å². The molecule has 14 N–H and O–H groups in total. The molecule has 1 fully saturated rings. The lowest BCUT2D eigenvalue weighted by molar-refractivity contribution is -0.148. The molecule has 1 saturated heterocycles. The van der Waals surface area contributed by atoms with Crippen molar-refractivity contribution in [2.45, 2.75) is 99.9 Å². The average Bonchev–Trinajstić information content (AvgIpc) is 3.41. The van der Waals surface area contributed by atoms with Crippen molar-refractivity contribution in [2.24, 2.45) is 11.8 Å². The van der Waals surface area contributed by atoms with Gasteiger partial charge in [0.2, 0.25) is 11.8 Å². The molecule has 78 heavy (non-hydrogen) atoms. The zero-order chi connectivity index (χ0) is 58.4. The molecule has 30 nitrogen and oxygen atoms in total. The molecule has 0 aromatic carbocycles. The van der Waals surface area contributed by atoms with Crippen LogP contribution in [0.3, 0.4) is 0 Å². The summed E-state index contributed by atoms with van der Waals surface area (Å²) in [4.78, 5) is 107. The largest absolute Gasteiger partial charge is 0.480 e. The number of carbonyl (C=O) groups excluding carboxylic acids is 4. The molecule has 0 aromatic rings. The summed E-state index contributed by atoms with van der Waals surface area (Å²) in [6.07, 6.45) is -4.95. The molecular weight excluding hydrogens is 1040 g/mol. The molecule has 0 radical (unpaired) electrons. The van der Waals surface area contributed by atoms with E-state index in [-0.39, 0.29) is 130 Å². The summed E-state index contributed by atoms with van der Waals surface area (Å²) in [5, 5.41) is 123. The number of aliphatic hydroxyl groups excluding tert-OH is 8. The fourth-order valence-corrected chi connectivity index (χ4v) is 8.32. The zero-order valence-electron chi connectivity index (χ0n) is 44.2. The Bertz CT molecular complexity index is 1560. The van der Waals surface area contributed by atoms with Crippen LogP contribution in [-0.4, -0.2) is 322 Å². The first-order valence-corrected chi connectivity index (χ1v) is 26.0. The normalized spacial score (nSPS) is 16.5. The lowest BCUT2D eigenvalue weighted by atomic mass is 10.1. The Morgan fingerprint density at radius 1 is 0.385 bits per heavy atom. The molecular formula is C48H86N6O24. The molecule has 1 rings (SSSR count). The van der Waals surface area contributed by atoms with Crippen LogP contribution in [0, 0.1) is 11.8 Å². The minimum absolute atomic E-state index is 0.132. The molecule has 4 unspecified atom stereocenters. The topological polar surface area (TPSA) is 453 Å². The van der Waals surface area contributed by atoms with E-state index in [9.17, 15) is 99.6 Å². The Labute approximate surface area is 452 Å². The first-order valence-electron chi connectivity index (χ1n) is 26.0. The average molecular weight is 1130 g/mol. The highest BCUT2D eigenvalue weighted by atomic mass is 16.5. The van der Waals surface area contributed by atoms with Crippen molar-refractivity contribution in [3.63, 3.8) is 0 Å². The number of carbonyl (C=O) groups is 8. The minimum atomic E-state index is -1.46. The van der Waals surface area contributed by atoms with E-state index in [0.29, 0.717) is 12.6 Å². The fraction of sp³-hybridized carbons (Fsp3) is 0.833. The van der Waals surface area contributed by atoms with Crippen LogP contribution >= 0.6 is 0 Å². The number of hydrogen-bond donors (Lipinski definition) is 14. The van der Waals surface area contributed by atoms with Crippen LogP contribution in [0.5, 0.6) is 0 Å².